The van der Waals surface area contributed by atoms with Gasteiger partial charge in [0.1, 0.15) is 16.8 Å². The number of rotatable bonds is 4. The molecule has 0 radical (unpaired) electrons. The highest BCUT2D eigenvalue weighted by Gasteiger charge is 2.09. The van der Waals surface area contributed by atoms with Gasteiger partial charge in [-0.1, -0.05) is 25.4 Å². The Morgan fingerprint density at radius 1 is 1.47 bits per heavy atom. The molecule has 0 spiro atoms. The van der Waals surface area contributed by atoms with Gasteiger partial charge in [-0.2, -0.15) is 0 Å². The van der Waals surface area contributed by atoms with Crippen LogP contribution in [-0.2, 0) is 0 Å². The predicted molar refractivity (Wildman–Crippen MR) is 61.5 cm³/mol. The minimum atomic E-state index is 0.0924. The summed E-state index contributed by atoms with van der Waals surface area (Å²) in [5, 5.41) is 9.27. The summed E-state index contributed by atoms with van der Waals surface area (Å²) in [6.45, 7) is 4.66. The third-order valence-corrected chi connectivity index (χ3v) is 2.24. The number of likely N-dealkylation sites (N-methyl/N-ethyl adjacent to an activating group) is 1. The smallest absolute Gasteiger partial charge is 0.135 e. The van der Waals surface area contributed by atoms with E-state index in [0.717, 1.165) is 11.6 Å². The lowest BCUT2D eigenvalue weighted by Crippen LogP contribution is -2.23. The highest BCUT2D eigenvalue weighted by atomic mass is 35.5. The fourth-order valence-corrected chi connectivity index (χ4v) is 1.33. The molecule has 1 heterocycles. The monoisotopic (exact) mass is 229 g/mol. The summed E-state index contributed by atoms with van der Waals surface area (Å²) in [5.74, 6) is 1.71. The van der Waals surface area contributed by atoms with Crippen molar-refractivity contribution in [2.24, 2.45) is 0 Å². The van der Waals surface area contributed by atoms with Crippen LogP contribution in [0.1, 0.15) is 25.6 Å². The average molecular weight is 230 g/mol. The molecule has 15 heavy (non-hydrogen) atoms. The number of aliphatic hydroxyl groups is 1. The summed E-state index contributed by atoms with van der Waals surface area (Å²) >= 11 is 5.90. The fraction of sp³-hybridized carbons (Fsp3) is 0.600. The molecule has 0 unspecified atom stereocenters. The molecule has 84 valence electrons. The second-order valence-electron chi connectivity index (χ2n) is 3.71. The first-order chi connectivity index (χ1) is 7.04. The minimum absolute atomic E-state index is 0.0924. The van der Waals surface area contributed by atoms with E-state index in [1.165, 1.54) is 0 Å². The van der Waals surface area contributed by atoms with E-state index in [0.29, 0.717) is 11.7 Å². The summed E-state index contributed by atoms with van der Waals surface area (Å²) in [5.41, 5.74) is 0. The van der Waals surface area contributed by atoms with Crippen LogP contribution < -0.4 is 4.90 Å². The Balaban J connectivity index is 2.98. The van der Waals surface area contributed by atoms with Gasteiger partial charge >= 0.3 is 0 Å². The minimum Gasteiger partial charge on any atom is -0.395 e. The summed E-state index contributed by atoms with van der Waals surface area (Å²) in [6, 6.07) is 1.70. The van der Waals surface area contributed by atoms with Gasteiger partial charge in [-0.15, -0.1) is 0 Å². The number of hydrogen-bond acceptors (Lipinski definition) is 4. The van der Waals surface area contributed by atoms with Gasteiger partial charge in [0.05, 0.1) is 6.61 Å². The van der Waals surface area contributed by atoms with Gasteiger partial charge in [0.2, 0.25) is 0 Å². The standard InChI is InChI=1S/C10H16ClN3O/c1-7(2)10-12-8(11)6-9(13-10)14(3)4-5-15/h6-7,15H,4-5H2,1-3H3. The molecule has 0 aliphatic carbocycles. The van der Waals surface area contributed by atoms with Crippen molar-refractivity contribution in [2.75, 3.05) is 25.1 Å². The molecular formula is C10H16ClN3O. The number of hydrogen-bond donors (Lipinski definition) is 1. The van der Waals surface area contributed by atoms with Crippen molar-refractivity contribution < 1.29 is 5.11 Å². The Morgan fingerprint density at radius 2 is 2.13 bits per heavy atom. The van der Waals surface area contributed by atoms with Gasteiger partial charge in [-0.3, -0.25) is 0 Å². The maximum absolute atomic E-state index is 8.83. The largest absolute Gasteiger partial charge is 0.395 e. The first-order valence-electron chi connectivity index (χ1n) is 4.91. The number of aromatic nitrogens is 2. The number of halogens is 1. The number of anilines is 1. The molecule has 0 aliphatic heterocycles. The maximum Gasteiger partial charge on any atom is 0.135 e. The van der Waals surface area contributed by atoms with E-state index < -0.39 is 0 Å². The van der Waals surface area contributed by atoms with Crippen LogP contribution in [0.15, 0.2) is 6.07 Å². The van der Waals surface area contributed by atoms with Crippen molar-refractivity contribution in [1.82, 2.24) is 9.97 Å². The van der Waals surface area contributed by atoms with E-state index in [1.54, 1.807) is 6.07 Å². The maximum atomic E-state index is 8.83. The van der Waals surface area contributed by atoms with Crippen molar-refractivity contribution in [3.05, 3.63) is 17.0 Å². The highest BCUT2D eigenvalue weighted by molar-refractivity contribution is 6.29. The molecule has 0 aliphatic rings. The third kappa shape index (κ3) is 3.32. The van der Waals surface area contributed by atoms with Gasteiger partial charge in [0.15, 0.2) is 0 Å². The van der Waals surface area contributed by atoms with Crippen molar-refractivity contribution in [1.29, 1.82) is 0 Å². The third-order valence-electron chi connectivity index (χ3n) is 2.04. The molecule has 1 N–H and O–H groups in total. The van der Waals surface area contributed by atoms with Crippen LogP contribution in [0.3, 0.4) is 0 Å². The van der Waals surface area contributed by atoms with Crippen molar-refractivity contribution in [3.8, 4) is 0 Å². The van der Waals surface area contributed by atoms with E-state index >= 15 is 0 Å². The topological polar surface area (TPSA) is 49.2 Å². The molecule has 1 aromatic rings. The van der Waals surface area contributed by atoms with E-state index in [4.69, 9.17) is 16.7 Å². The van der Waals surface area contributed by atoms with Crippen LogP contribution in [0.2, 0.25) is 5.15 Å². The number of nitrogens with zero attached hydrogens (tertiary/aromatic N) is 3. The molecule has 4 nitrogen and oxygen atoms in total. The zero-order chi connectivity index (χ0) is 11.4. The van der Waals surface area contributed by atoms with Crippen LogP contribution in [-0.4, -0.2) is 35.3 Å². The molecule has 0 bridgehead atoms. The molecule has 1 aromatic heterocycles. The molecule has 0 atom stereocenters. The van der Waals surface area contributed by atoms with Gasteiger partial charge in [0.25, 0.3) is 0 Å². The van der Waals surface area contributed by atoms with E-state index in [2.05, 4.69) is 9.97 Å². The summed E-state index contributed by atoms with van der Waals surface area (Å²) < 4.78 is 0. The summed E-state index contributed by atoms with van der Waals surface area (Å²) in [6.07, 6.45) is 0. The lowest BCUT2D eigenvalue weighted by molar-refractivity contribution is 0.304. The zero-order valence-electron chi connectivity index (χ0n) is 9.24. The van der Waals surface area contributed by atoms with Crippen LogP contribution in [0.5, 0.6) is 0 Å². The Hall–Kier alpha value is -0.870. The molecule has 0 aromatic carbocycles. The molecular weight excluding hydrogens is 214 g/mol. The second-order valence-corrected chi connectivity index (χ2v) is 4.09. The normalized spacial score (nSPS) is 10.8. The molecule has 1 rings (SSSR count). The Labute approximate surface area is 94.9 Å². The first kappa shape index (κ1) is 12.2. The Morgan fingerprint density at radius 3 is 2.67 bits per heavy atom. The summed E-state index contributed by atoms with van der Waals surface area (Å²) in [4.78, 5) is 10.4. The lowest BCUT2D eigenvalue weighted by Gasteiger charge is -2.18. The van der Waals surface area contributed by atoms with Crippen molar-refractivity contribution in [2.45, 2.75) is 19.8 Å². The molecule has 5 heteroatoms. The van der Waals surface area contributed by atoms with Gasteiger partial charge in [-0.05, 0) is 0 Å². The van der Waals surface area contributed by atoms with E-state index in [-0.39, 0.29) is 12.5 Å². The average Bonchev–Trinajstić information content (AvgIpc) is 2.17. The zero-order valence-corrected chi connectivity index (χ0v) is 9.99. The summed E-state index contributed by atoms with van der Waals surface area (Å²) in [7, 11) is 1.86. The highest BCUT2D eigenvalue weighted by Crippen LogP contribution is 2.18. The second kappa shape index (κ2) is 5.28. The number of aliphatic hydroxyl groups excluding tert-OH is 1. The van der Waals surface area contributed by atoms with Crippen LogP contribution >= 0.6 is 11.6 Å². The van der Waals surface area contributed by atoms with Crippen molar-refractivity contribution >= 4 is 17.4 Å². The fourth-order valence-electron chi connectivity index (χ4n) is 1.14. The van der Waals surface area contributed by atoms with Gasteiger partial charge in [-0.25, -0.2) is 9.97 Å². The molecule has 0 saturated carbocycles. The molecule has 0 fully saturated rings. The van der Waals surface area contributed by atoms with Crippen LogP contribution in [0.4, 0.5) is 5.82 Å². The van der Waals surface area contributed by atoms with E-state index in [9.17, 15) is 0 Å². The van der Waals surface area contributed by atoms with Crippen LogP contribution in [0, 0.1) is 0 Å². The van der Waals surface area contributed by atoms with Gasteiger partial charge in [0, 0.05) is 25.6 Å². The quantitative estimate of drug-likeness (QED) is 0.799. The Kier molecular flexibility index (Phi) is 4.29. The van der Waals surface area contributed by atoms with Crippen LogP contribution in [0.25, 0.3) is 0 Å². The lowest BCUT2D eigenvalue weighted by atomic mass is 10.2. The molecule has 0 saturated heterocycles. The first-order valence-corrected chi connectivity index (χ1v) is 5.29. The van der Waals surface area contributed by atoms with Gasteiger partial charge < -0.3 is 10.0 Å². The SMILES string of the molecule is CC(C)c1nc(Cl)cc(N(C)CCO)n1. The Bertz CT molecular complexity index is 330. The van der Waals surface area contributed by atoms with E-state index in [1.807, 2.05) is 25.8 Å². The predicted octanol–water partition coefficient (Wildman–Crippen LogP) is 1.68. The van der Waals surface area contributed by atoms with Crippen molar-refractivity contribution in [3.63, 3.8) is 0 Å². The molecule has 0 amide bonds.